The first kappa shape index (κ1) is 13.5. The van der Waals surface area contributed by atoms with E-state index in [1.807, 2.05) is 36.7 Å². The van der Waals surface area contributed by atoms with Gasteiger partial charge in [0.15, 0.2) is 0 Å². The molecule has 0 aliphatic heterocycles. The Morgan fingerprint density at radius 3 is 2.79 bits per heavy atom. The van der Waals surface area contributed by atoms with E-state index in [9.17, 15) is 4.79 Å². The van der Waals surface area contributed by atoms with Crippen molar-refractivity contribution in [1.82, 2.24) is 14.9 Å². The standard InChI is InChI=1S/C14H19N3O2/c1-9-16-11-7-10(5-6-12(11)17(9)4)8-15-14(2,3)13(18)19/h5-7,15H,8H2,1-4H3,(H,18,19). The second kappa shape index (κ2) is 4.66. The van der Waals surface area contributed by atoms with E-state index < -0.39 is 11.5 Å². The zero-order valence-electron chi connectivity index (χ0n) is 11.7. The molecule has 1 aromatic heterocycles. The minimum atomic E-state index is -0.936. The highest BCUT2D eigenvalue weighted by Crippen LogP contribution is 2.17. The SMILES string of the molecule is Cc1nc2cc(CNC(C)(C)C(=O)O)ccc2n1C. The van der Waals surface area contributed by atoms with Crippen LogP contribution in [0.4, 0.5) is 0 Å². The van der Waals surface area contributed by atoms with Gasteiger partial charge in [0.05, 0.1) is 11.0 Å². The Labute approximate surface area is 112 Å². The van der Waals surface area contributed by atoms with Crippen LogP contribution in [0.15, 0.2) is 18.2 Å². The molecule has 2 rings (SSSR count). The van der Waals surface area contributed by atoms with Gasteiger partial charge in [-0.05, 0) is 38.5 Å². The van der Waals surface area contributed by atoms with Gasteiger partial charge in [-0.25, -0.2) is 4.98 Å². The minimum Gasteiger partial charge on any atom is -0.480 e. The molecular weight excluding hydrogens is 242 g/mol. The number of nitrogens with one attached hydrogen (secondary N) is 1. The molecule has 5 heteroatoms. The predicted octanol–water partition coefficient (Wildman–Crippen LogP) is 1.83. The Bertz CT molecular complexity index is 629. The molecule has 0 saturated carbocycles. The summed E-state index contributed by atoms with van der Waals surface area (Å²) in [6.45, 7) is 5.77. The van der Waals surface area contributed by atoms with Crippen LogP contribution in [0, 0.1) is 6.92 Å². The Kier molecular flexibility index (Phi) is 3.32. The summed E-state index contributed by atoms with van der Waals surface area (Å²) in [6, 6.07) is 6.00. The fourth-order valence-electron chi connectivity index (χ4n) is 1.87. The fraction of sp³-hybridized carbons (Fsp3) is 0.429. The van der Waals surface area contributed by atoms with Crippen molar-refractivity contribution < 1.29 is 9.90 Å². The maximum absolute atomic E-state index is 11.0. The van der Waals surface area contributed by atoms with Gasteiger partial charge in [-0.15, -0.1) is 0 Å². The summed E-state index contributed by atoms with van der Waals surface area (Å²) in [5.41, 5.74) is 2.11. The van der Waals surface area contributed by atoms with E-state index in [0.29, 0.717) is 6.54 Å². The van der Waals surface area contributed by atoms with E-state index in [0.717, 1.165) is 22.4 Å². The quantitative estimate of drug-likeness (QED) is 0.881. The molecule has 5 nitrogen and oxygen atoms in total. The van der Waals surface area contributed by atoms with Crippen molar-refractivity contribution in [2.75, 3.05) is 0 Å². The summed E-state index contributed by atoms with van der Waals surface area (Å²) in [5, 5.41) is 12.1. The number of hydrogen-bond acceptors (Lipinski definition) is 3. The first-order chi connectivity index (χ1) is 8.81. The zero-order valence-corrected chi connectivity index (χ0v) is 11.7. The third-order valence-corrected chi connectivity index (χ3v) is 3.44. The molecule has 0 radical (unpaired) electrons. The first-order valence-electron chi connectivity index (χ1n) is 6.21. The Hall–Kier alpha value is -1.88. The lowest BCUT2D eigenvalue weighted by atomic mass is 10.1. The van der Waals surface area contributed by atoms with E-state index in [1.165, 1.54) is 0 Å². The number of nitrogens with zero attached hydrogens (tertiary/aromatic N) is 2. The molecule has 0 aliphatic carbocycles. The molecule has 0 amide bonds. The van der Waals surface area contributed by atoms with E-state index in [4.69, 9.17) is 5.11 Å². The molecular formula is C14H19N3O2. The van der Waals surface area contributed by atoms with Crippen molar-refractivity contribution in [2.24, 2.45) is 7.05 Å². The number of rotatable bonds is 4. The highest BCUT2D eigenvalue weighted by molar-refractivity contribution is 5.78. The second-order valence-electron chi connectivity index (χ2n) is 5.32. The number of aromatic nitrogens is 2. The van der Waals surface area contributed by atoms with Crippen LogP contribution in [0.3, 0.4) is 0 Å². The van der Waals surface area contributed by atoms with Crippen molar-refractivity contribution in [1.29, 1.82) is 0 Å². The van der Waals surface area contributed by atoms with Gasteiger partial charge in [0.25, 0.3) is 0 Å². The molecule has 102 valence electrons. The molecule has 0 bridgehead atoms. The lowest BCUT2D eigenvalue weighted by Crippen LogP contribution is -2.46. The molecule has 0 unspecified atom stereocenters. The summed E-state index contributed by atoms with van der Waals surface area (Å²) in [6.07, 6.45) is 0. The second-order valence-corrected chi connectivity index (χ2v) is 5.32. The predicted molar refractivity (Wildman–Crippen MR) is 74.0 cm³/mol. The van der Waals surface area contributed by atoms with Crippen LogP contribution in [0.2, 0.25) is 0 Å². The molecule has 0 atom stereocenters. The van der Waals surface area contributed by atoms with Crippen molar-refractivity contribution in [3.63, 3.8) is 0 Å². The van der Waals surface area contributed by atoms with Crippen LogP contribution in [-0.4, -0.2) is 26.2 Å². The van der Waals surface area contributed by atoms with Gasteiger partial charge in [0.2, 0.25) is 0 Å². The molecule has 2 aromatic rings. The van der Waals surface area contributed by atoms with Crippen LogP contribution in [0.25, 0.3) is 11.0 Å². The Morgan fingerprint density at radius 1 is 1.47 bits per heavy atom. The smallest absolute Gasteiger partial charge is 0.323 e. The van der Waals surface area contributed by atoms with Crippen LogP contribution in [0.5, 0.6) is 0 Å². The molecule has 1 aromatic carbocycles. The van der Waals surface area contributed by atoms with Gasteiger partial charge >= 0.3 is 5.97 Å². The van der Waals surface area contributed by atoms with Crippen molar-refractivity contribution in [2.45, 2.75) is 32.9 Å². The molecule has 0 fully saturated rings. The molecule has 19 heavy (non-hydrogen) atoms. The van der Waals surface area contributed by atoms with E-state index in [1.54, 1.807) is 13.8 Å². The summed E-state index contributed by atoms with van der Waals surface area (Å²) in [7, 11) is 1.98. The molecule has 1 heterocycles. The van der Waals surface area contributed by atoms with Crippen molar-refractivity contribution in [3.8, 4) is 0 Å². The van der Waals surface area contributed by atoms with Gasteiger partial charge in [-0.2, -0.15) is 0 Å². The number of aliphatic carboxylic acids is 1. The number of carboxylic acids is 1. The van der Waals surface area contributed by atoms with Crippen LogP contribution < -0.4 is 5.32 Å². The van der Waals surface area contributed by atoms with Gasteiger partial charge in [0, 0.05) is 13.6 Å². The number of hydrogen-bond donors (Lipinski definition) is 2. The van der Waals surface area contributed by atoms with Crippen LogP contribution >= 0.6 is 0 Å². The Balaban J connectivity index is 2.21. The topological polar surface area (TPSA) is 67.2 Å². The average molecular weight is 261 g/mol. The van der Waals surface area contributed by atoms with Gasteiger partial charge < -0.3 is 9.67 Å². The summed E-state index contributed by atoms with van der Waals surface area (Å²) < 4.78 is 2.04. The van der Waals surface area contributed by atoms with E-state index in [2.05, 4.69) is 10.3 Å². The molecule has 0 spiro atoms. The van der Waals surface area contributed by atoms with Gasteiger partial charge in [0.1, 0.15) is 11.4 Å². The summed E-state index contributed by atoms with van der Waals surface area (Å²) in [4.78, 5) is 15.5. The number of carbonyl (C=O) groups is 1. The maximum atomic E-state index is 11.0. The Morgan fingerprint density at radius 2 is 2.16 bits per heavy atom. The van der Waals surface area contributed by atoms with Crippen LogP contribution in [0.1, 0.15) is 25.2 Å². The lowest BCUT2D eigenvalue weighted by molar-refractivity contribution is -0.143. The normalized spacial score (nSPS) is 12.0. The monoisotopic (exact) mass is 261 g/mol. The van der Waals surface area contributed by atoms with Gasteiger partial charge in [-0.3, -0.25) is 10.1 Å². The van der Waals surface area contributed by atoms with Gasteiger partial charge in [-0.1, -0.05) is 6.07 Å². The zero-order chi connectivity index (χ0) is 14.2. The highest BCUT2D eigenvalue weighted by atomic mass is 16.4. The molecule has 0 aliphatic rings. The average Bonchev–Trinajstić information content (AvgIpc) is 2.62. The lowest BCUT2D eigenvalue weighted by Gasteiger charge is -2.21. The number of benzene rings is 1. The summed E-state index contributed by atoms with van der Waals surface area (Å²) in [5.74, 6) is 0.105. The number of carboxylic acid groups (broad SMARTS) is 1. The number of fused-ring (bicyclic) bond motifs is 1. The molecule has 0 saturated heterocycles. The fourth-order valence-corrected chi connectivity index (χ4v) is 1.87. The van der Waals surface area contributed by atoms with E-state index in [-0.39, 0.29) is 0 Å². The first-order valence-corrected chi connectivity index (χ1v) is 6.21. The van der Waals surface area contributed by atoms with Crippen molar-refractivity contribution >= 4 is 17.0 Å². The number of aryl methyl sites for hydroxylation is 2. The summed E-state index contributed by atoms with van der Waals surface area (Å²) >= 11 is 0. The van der Waals surface area contributed by atoms with Crippen LogP contribution in [-0.2, 0) is 18.4 Å². The third kappa shape index (κ3) is 2.61. The third-order valence-electron chi connectivity index (χ3n) is 3.44. The maximum Gasteiger partial charge on any atom is 0.323 e. The largest absolute Gasteiger partial charge is 0.480 e. The van der Waals surface area contributed by atoms with Crippen molar-refractivity contribution in [3.05, 3.63) is 29.6 Å². The number of imidazole rings is 1. The molecule has 2 N–H and O–H groups in total. The highest BCUT2D eigenvalue weighted by Gasteiger charge is 2.25. The van der Waals surface area contributed by atoms with E-state index >= 15 is 0 Å². The minimum absolute atomic E-state index is 0.505.